The highest BCUT2D eigenvalue weighted by Gasteiger charge is 2.12. The van der Waals surface area contributed by atoms with E-state index in [1.807, 2.05) is 30.0 Å². The summed E-state index contributed by atoms with van der Waals surface area (Å²) in [5, 5.41) is 0. The minimum atomic E-state index is 0.00714. The van der Waals surface area contributed by atoms with Gasteiger partial charge in [-0.3, -0.25) is 0 Å². The van der Waals surface area contributed by atoms with Crippen molar-refractivity contribution >= 4 is 11.8 Å². The van der Waals surface area contributed by atoms with Gasteiger partial charge < -0.3 is 15.2 Å². The molecule has 4 heteroatoms. The third kappa shape index (κ3) is 4.42. The maximum absolute atomic E-state index is 6.20. The molecule has 1 aromatic rings. The quantitative estimate of drug-likeness (QED) is 0.736. The number of thioether (sulfide) groups is 1. The van der Waals surface area contributed by atoms with Crippen LogP contribution in [0.5, 0.6) is 11.5 Å². The first kappa shape index (κ1) is 15.2. The summed E-state index contributed by atoms with van der Waals surface area (Å²) in [5.74, 6) is 3.69. The number of nitrogens with two attached hydrogens (primary N) is 1. The number of hydrogen-bond donors (Lipinski definition) is 1. The van der Waals surface area contributed by atoms with Crippen molar-refractivity contribution in [2.45, 2.75) is 25.8 Å². The fourth-order valence-corrected chi connectivity index (χ4v) is 2.76. The van der Waals surface area contributed by atoms with Gasteiger partial charge in [0.2, 0.25) is 0 Å². The van der Waals surface area contributed by atoms with Gasteiger partial charge in [0.15, 0.2) is 0 Å². The van der Waals surface area contributed by atoms with E-state index in [1.165, 1.54) is 18.6 Å². The standard InChI is InChI=1S/C14H23NO2S/c1-4-5-8-18-10-13(15)12-7-6-11(16-2)9-14(12)17-3/h6-7,9,13H,4-5,8,10,15H2,1-3H3. The van der Waals surface area contributed by atoms with Crippen LogP contribution in [0.1, 0.15) is 31.4 Å². The van der Waals surface area contributed by atoms with Crippen LogP contribution >= 0.6 is 11.8 Å². The number of rotatable bonds is 8. The minimum Gasteiger partial charge on any atom is -0.497 e. The zero-order valence-corrected chi connectivity index (χ0v) is 12.3. The molecule has 1 unspecified atom stereocenters. The average Bonchev–Trinajstić information content (AvgIpc) is 2.42. The fourth-order valence-electron chi connectivity index (χ4n) is 1.67. The molecular formula is C14H23NO2S. The van der Waals surface area contributed by atoms with E-state index >= 15 is 0 Å². The van der Waals surface area contributed by atoms with Gasteiger partial charge in [0.05, 0.1) is 14.2 Å². The summed E-state index contributed by atoms with van der Waals surface area (Å²) in [5.41, 5.74) is 7.25. The minimum absolute atomic E-state index is 0.00714. The Morgan fingerprint density at radius 2 is 2.06 bits per heavy atom. The molecule has 1 aromatic carbocycles. The van der Waals surface area contributed by atoms with Gasteiger partial charge in [-0.25, -0.2) is 0 Å². The van der Waals surface area contributed by atoms with Crippen LogP contribution in [0, 0.1) is 0 Å². The Kier molecular flexibility index (Phi) is 6.98. The predicted molar refractivity (Wildman–Crippen MR) is 78.7 cm³/mol. The highest BCUT2D eigenvalue weighted by atomic mass is 32.2. The summed E-state index contributed by atoms with van der Waals surface area (Å²) in [7, 11) is 3.31. The summed E-state index contributed by atoms with van der Waals surface area (Å²) < 4.78 is 10.5. The summed E-state index contributed by atoms with van der Waals surface area (Å²) in [6, 6.07) is 5.80. The number of unbranched alkanes of at least 4 members (excludes halogenated alkanes) is 1. The third-order valence-electron chi connectivity index (χ3n) is 2.78. The van der Waals surface area contributed by atoms with E-state index < -0.39 is 0 Å². The average molecular weight is 269 g/mol. The zero-order valence-electron chi connectivity index (χ0n) is 11.4. The van der Waals surface area contributed by atoms with Gasteiger partial charge in [0, 0.05) is 23.4 Å². The Balaban J connectivity index is 2.63. The van der Waals surface area contributed by atoms with E-state index in [-0.39, 0.29) is 6.04 Å². The van der Waals surface area contributed by atoms with E-state index in [9.17, 15) is 0 Å². The summed E-state index contributed by atoms with van der Waals surface area (Å²) in [6.07, 6.45) is 2.48. The molecule has 0 aliphatic rings. The monoisotopic (exact) mass is 269 g/mol. The van der Waals surface area contributed by atoms with E-state index in [2.05, 4.69) is 6.92 Å². The van der Waals surface area contributed by atoms with Crippen LogP contribution < -0.4 is 15.2 Å². The number of ether oxygens (including phenoxy) is 2. The molecule has 3 nitrogen and oxygen atoms in total. The van der Waals surface area contributed by atoms with Crippen molar-refractivity contribution in [1.82, 2.24) is 0 Å². The highest BCUT2D eigenvalue weighted by Crippen LogP contribution is 2.30. The van der Waals surface area contributed by atoms with E-state index in [0.717, 1.165) is 22.8 Å². The van der Waals surface area contributed by atoms with Crippen molar-refractivity contribution in [2.75, 3.05) is 25.7 Å². The molecule has 1 atom stereocenters. The van der Waals surface area contributed by atoms with Crippen LogP contribution in [0.25, 0.3) is 0 Å². The van der Waals surface area contributed by atoms with Gasteiger partial charge >= 0.3 is 0 Å². The smallest absolute Gasteiger partial charge is 0.127 e. The molecule has 0 spiro atoms. The zero-order chi connectivity index (χ0) is 13.4. The van der Waals surface area contributed by atoms with Crippen LogP contribution in [-0.2, 0) is 0 Å². The molecule has 0 saturated heterocycles. The fraction of sp³-hybridized carbons (Fsp3) is 0.571. The Bertz CT molecular complexity index is 358. The van der Waals surface area contributed by atoms with Gasteiger partial charge in [0.25, 0.3) is 0 Å². The topological polar surface area (TPSA) is 44.5 Å². The normalized spacial score (nSPS) is 12.2. The second-order valence-electron chi connectivity index (χ2n) is 4.14. The maximum Gasteiger partial charge on any atom is 0.127 e. The van der Waals surface area contributed by atoms with Crippen LogP contribution in [0.3, 0.4) is 0 Å². The van der Waals surface area contributed by atoms with Crippen molar-refractivity contribution in [1.29, 1.82) is 0 Å². The van der Waals surface area contributed by atoms with Crippen molar-refractivity contribution in [2.24, 2.45) is 5.73 Å². The second-order valence-corrected chi connectivity index (χ2v) is 5.29. The van der Waals surface area contributed by atoms with Crippen LogP contribution in [0.4, 0.5) is 0 Å². The molecule has 1 rings (SSSR count). The number of methoxy groups -OCH3 is 2. The Labute approximate surface area is 114 Å². The molecule has 0 aliphatic carbocycles. The molecule has 0 radical (unpaired) electrons. The summed E-state index contributed by atoms with van der Waals surface area (Å²) >= 11 is 1.90. The lowest BCUT2D eigenvalue weighted by Crippen LogP contribution is -2.14. The Morgan fingerprint density at radius 3 is 2.67 bits per heavy atom. The first-order valence-corrected chi connectivity index (χ1v) is 7.43. The van der Waals surface area contributed by atoms with Gasteiger partial charge in [-0.1, -0.05) is 19.4 Å². The molecule has 102 valence electrons. The van der Waals surface area contributed by atoms with Crippen LogP contribution in [0.15, 0.2) is 18.2 Å². The maximum atomic E-state index is 6.20. The number of benzene rings is 1. The summed E-state index contributed by atoms with van der Waals surface area (Å²) in [4.78, 5) is 0. The SMILES string of the molecule is CCCCSCC(N)c1ccc(OC)cc1OC. The molecule has 0 saturated carbocycles. The van der Waals surface area contributed by atoms with Gasteiger partial charge in [0.1, 0.15) is 11.5 Å². The van der Waals surface area contributed by atoms with Crippen molar-refractivity contribution in [3.05, 3.63) is 23.8 Å². The van der Waals surface area contributed by atoms with Crippen molar-refractivity contribution in [3.8, 4) is 11.5 Å². The first-order chi connectivity index (χ1) is 8.72. The Morgan fingerprint density at radius 1 is 1.28 bits per heavy atom. The van der Waals surface area contributed by atoms with E-state index in [0.29, 0.717) is 0 Å². The number of hydrogen-bond acceptors (Lipinski definition) is 4. The van der Waals surface area contributed by atoms with Gasteiger partial charge in [-0.05, 0) is 18.2 Å². The largest absolute Gasteiger partial charge is 0.497 e. The molecule has 0 aromatic heterocycles. The Hall–Kier alpha value is -0.870. The van der Waals surface area contributed by atoms with E-state index in [4.69, 9.17) is 15.2 Å². The highest BCUT2D eigenvalue weighted by molar-refractivity contribution is 7.99. The van der Waals surface area contributed by atoms with Crippen LogP contribution in [0.2, 0.25) is 0 Å². The third-order valence-corrected chi connectivity index (χ3v) is 3.95. The van der Waals surface area contributed by atoms with Crippen molar-refractivity contribution < 1.29 is 9.47 Å². The summed E-state index contributed by atoms with van der Waals surface area (Å²) in [6.45, 7) is 2.20. The molecular weight excluding hydrogens is 246 g/mol. The lowest BCUT2D eigenvalue weighted by atomic mass is 10.1. The molecule has 0 heterocycles. The van der Waals surface area contributed by atoms with E-state index in [1.54, 1.807) is 14.2 Å². The van der Waals surface area contributed by atoms with Crippen LogP contribution in [-0.4, -0.2) is 25.7 Å². The molecule has 0 aliphatic heterocycles. The molecule has 0 bridgehead atoms. The molecule has 2 N–H and O–H groups in total. The van der Waals surface area contributed by atoms with Crippen molar-refractivity contribution in [3.63, 3.8) is 0 Å². The first-order valence-electron chi connectivity index (χ1n) is 6.28. The van der Waals surface area contributed by atoms with Gasteiger partial charge in [-0.2, -0.15) is 11.8 Å². The second kappa shape index (κ2) is 8.27. The lowest BCUT2D eigenvalue weighted by molar-refractivity contribution is 0.389. The molecule has 18 heavy (non-hydrogen) atoms. The lowest BCUT2D eigenvalue weighted by Gasteiger charge is -2.16. The predicted octanol–water partition coefficient (Wildman–Crippen LogP) is 3.24. The van der Waals surface area contributed by atoms with Gasteiger partial charge in [-0.15, -0.1) is 0 Å². The molecule has 0 amide bonds. The molecule has 0 fully saturated rings.